The van der Waals surface area contributed by atoms with Crippen LogP contribution in [0.4, 0.5) is 5.69 Å². The smallest absolute Gasteiger partial charge is 0.270 e. The number of hydrogen-bond acceptors (Lipinski definition) is 7. The molecule has 0 spiro atoms. The molecular weight excluding hydrogens is 446 g/mol. The molecule has 0 radical (unpaired) electrons. The third-order valence-corrected chi connectivity index (χ3v) is 8.15. The van der Waals surface area contributed by atoms with Crippen molar-refractivity contribution in [2.45, 2.75) is 29.1 Å². The van der Waals surface area contributed by atoms with Gasteiger partial charge in [0.15, 0.2) is 0 Å². The van der Waals surface area contributed by atoms with Crippen molar-refractivity contribution in [1.29, 1.82) is 0 Å². The minimum absolute atomic E-state index is 0.00756. The third kappa shape index (κ3) is 5.79. The van der Waals surface area contributed by atoms with E-state index in [2.05, 4.69) is 4.72 Å². The maximum atomic E-state index is 12.6. The Kier molecular flexibility index (Phi) is 7.26. The summed E-state index contributed by atoms with van der Waals surface area (Å²) >= 11 is 0. The highest BCUT2D eigenvalue weighted by Crippen LogP contribution is 2.22. The number of nitro benzene ring substituents is 1. The molecule has 10 nitrogen and oxygen atoms in total. The number of sulfonamides is 2. The van der Waals surface area contributed by atoms with Gasteiger partial charge in [0.05, 0.1) is 14.7 Å². The lowest BCUT2D eigenvalue weighted by Crippen LogP contribution is -2.35. The molecule has 0 aliphatic carbocycles. The molecule has 0 saturated carbocycles. The average Bonchev–Trinajstić information content (AvgIpc) is 2.78. The fraction of sp³-hybridized carbons (Fsp3) is 0.368. The zero-order valence-corrected chi connectivity index (χ0v) is 18.3. The minimum atomic E-state index is -3.93. The van der Waals surface area contributed by atoms with Crippen molar-refractivity contribution < 1.29 is 26.5 Å². The van der Waals surface area contributed by atoms with Crippen molar-refractivity contribution in [3.05, 3.63) is 58.6 Å². The highest BCUT2D eigenvalue weighted by molar-refractivity contribution is 7.89. The first-order valence-corrected chi connectivity index (χ1v) is 12.6. The Morgan fingerprint density at radius 1 is 0.968 bits per heavy atom. The quantitative estimate of drug-likeness (QED) is 0.337. The van der Waals surface area contributed by atoms with Crippen LogP contribution >= 0.6 is 0 Å². The summed E-state index contributed by atoms with van der Waals surface area (Å²) in [6.45, 7) is 0.960. The summed E-state index contributed by atoms with van der Waals surface area (Å²) in [7, 11) is -7.45. The number of non-ortho nitro benzene ring substituents is 1. The zero-order chi connectivity index (χ0) is 22.5. The Hall–Kier alpha value is -2.54. The van der Waals surface area contributed by atoms with Gasteiger partial charge in [0.25, 0.3) is 5.69 Å². The second-order valence-corrected chi connectivity index (χ2v) is 10.6. The van der Waals surface area contributed by atoms with E-state index in [-0.39, 0.29) is 28.6 Å². The molecule has 1 aliphatic heterocycles. The van der Waals surface area contributed by atoms with Crippen molar-refractivity contribution in [3.63, 3.8) is 0 Å². The molecule has 0 unspecified atom stereocenters. The molecule has 1 heterocycles. The van der Waals surface area contributed by atoms with Gasteiger partial charge in [-0.05, 0) is 43.2 Å². The van der Waals surface area contributed by atoms with Crippen LogP contribution in [0.25, 0.3) is 0 Å². The van der Waals surface area contributed by atoms with Crippen LogP contribution in [0.1, 0.15) is 19.3 Å². The third-order valence-electron chi connectivity index (χ3n) is 4.78. The van der Waals surface area contributed by atoms with Crippen LogP contribution < -0.4 is 9.46 Å². The molecule has 0 aromatic heterocycles. The Morgan fingerprint density at radius 3 is 2.29 bits per heavy atom. The molecular formula is C19H23N3O7S2. The summed E-state index contributed by atoms with van der Waals surface area (Å²) in [5.74, 6) is 0.396. The first-order chi connectivity index (χ1) is 14.7. The van der Waals surface area contributed by atoms with Gasteiger partial charge < -0.3 is 4.74 Å². The first kappa shape index (κ1) is 23.1. The molecule has 1 fully saturated rings. The maximum Gasteiger partial charge on any atom is 0.270 e. The molecule has 31 heavy (non-hydrogen) atoms. The van der Waals surface area contributed by atoms with Gasteiger partial charge in [-0.1, -0.05) is 12.5 Å². The fourth-order valence-electron chi connectivity index (χ4n) is 3.15. The SMILES string of the molecule is O=[N+]([O-])c1cccc(S(=O)(=O)NCCOc2ccc(S(=O)(=O)N3CCCCC3)cc2)c1. The lowest BCUT2D eigenvalue weighted by Gasteiger charge is -2.25. The van der Waals surface area contributed by atoms with Gasteiger partial charge in [0.1, 0.15) is 12.4 Å². The van der Waals surface area contributed by atoms with Crippen LogP contribution in [0.2, 0.25) is 0 Å². The summed E-state index contributed by atoms with van der Waals surface area (Å²) in [5.41, 5.74) is -0.321. The van der Waals surface area contributed by atoms with Gasteiger partial charge in [-0.15, -0.1) is 0 Å². The molecule has 1 aliphatic rings. The standard InChI is InChI=1S/C19H23N3O7S2/c23-22(24)16-5-4-6-19(15-16)30(25,26)20-11-14-29-17-7-9-18(10-8-17)31(27,28)21-12-2-1-3-13-21/h4-10,15,20H,1-3,11-14H2. The van der Waals surface area contributed by atoms with Crippen molar-refractivity contribution >= 4 is 25.7 Å². The van der Waals surface area contributed by atoms with E-state index in [1.54, 1.807) is 0 Å². The molecule has 2 aromatic rings. The van der Waals surface area contributed by atoms with Crippen LogP contribution in [0.5, 0.6) is 5.75 Å². The van der Waals surface area contributed by atoms with E-state index >= 15 is 0 Å². The van der Waals surface area contributed by atoms with Crippen LogP contribution in [-0.4, -0.2) is 52.3 Å². The number of nitrogens with zero attached hydrogens (tertiary/aromatic N) is 2. The molecule has 0 bridgehead atoms. The topological polar surface area (TPSA) is 136 Å². The Labute approximate surface area is 181 Å². The average molecular weight is 470 g/mol. The molecule has 1 saturated heterocycles. The number of ether oxygens (including phenoxy) is 1. The molecule has 168 valence electrons. The van der Waals surface area contributed by atoms with Crippen LogP contribution in [-0.2, 0) is 20.0 Å². The van der Waals surface area contributed by atoms with Crippen molar-refractivity contribution in [2.24, 2.45) is 0 Å². The first-order valence-electron chi connectivity index (χ1n) is 9.67. The summed E-state index contributed by atoms with van der Waals surface area (Å²) in [6, 6.07) is 10.7. The molecule has 2 aromatic carbocycles. The Morgan fingerprint density at radius 2 is 1.65 bits per heavy atom. The van der Waals surface area contributed by atoms with Gasteiger partial charge in [0, 0.05) is 31.8 Å². The van der Waals surface area contributed by atoms with Gasteiger partial charge in [-0.25, -0.2) is 21.6 Å². The van der Waals surface area contributed by atoms with Gasteiger partial charge >= 0.3 is 0 Å². The molecule has 12 heteroatoms. The number of rotatable bonds is 9. The van der Waals surface area contributed by atoms with Crippen molar-refractivity contribution in [3.8, 4) is 5.75 Å². The normalized spacial score (nSPS) is 15.5. The van der Waals surface area contributed by atoms with Crippen LogP contribution in [0, 0.1) is 10.1 Å². The number of nitro groups is 1. The van der Waals surface area contributed by atoms with Crippen LogP contribution in [0.15, 0.2) is 58.3 Å². The van der Waals surface area contributed by atoms with Gasteiger partial charge in [-0.2, -0.15) is 4.31 Å². The van der Waals surface area contributed by atoms with Gasteiger partial charge in [-0.3, -0.25) is 10.1 Å². The predicted molar refractivity (Wildman–Crippen MR) is 113 cm³/mol. The van der Waals surface area contributed by atoms with E-state index < -0.39 is 25.0 Å². The molecule has 0 atom stereocenters. The van der Waals surface area contributed by atoms with E-state index in [0.29, 0.717) is 18.8 Å². The van der Waals surface area contributed by atoms with E-state index in [9.17, 15) is 26.9 Å². The maximum absolute atomic E-state index is 12.6. The highest BCUT2D eigenvalue weighted by atomic mass is 32.2. The van der Waals surface area contributed by atoms with Crippen molar-refractivity contribution in [1.82, 2.24) is 9.03 Å². The molecule has 3 rings (SSSR count). The van der Waals surface area contributed by atoms with E-state index in [4.69, 9.17) is 4.74 Å². The highest BCUT2D eigenvalue weighted by Gasteiger charge is 2.25. The zero-order valence-electron chi connectivity index (χ0n) is 16.6. The lowest BCUT2D eigenvalue weighted by molar-refractivity contribution is -0.385. The van der Waals surface area contributed by atoms with E-state index in [1.807, 2.05) is 0 Å². The minimum Gasteiger partial charge on any atom is -0.492 e. The monoisotopic (exact) mass is 469 g/mol. The fourth-order valence-corrected chi connectivity index (χ4v) is 5.72. The van der Waals surface area contributed by atoms with Crippen molar-refractivity contribution in [2.75, 3.05) is 26.2 Å². The van der Waals surface area contributed by atoms with Crippen LogP contribution in [0.3, 0.4) is 0 Å². The number of benzene rings is 2. The molecule has 1 N–H and O–H groups in total. The van der Waals surface area contributed by atoms with Gasteiger partial charge in [0.2, 0.25) is 20.0 Å². The Balaban J connectivity index is 1.54. The number of nitrogens with one attached hydrogen (secondary N) is 1. The van der Waals surface area contributed by atoms with E-state index in [0.717, 1.165) is 25.3 Å². The van der Waals surface area contributed by atoms with E-state index in [1.165, 1.54) is 46.8 Å². The number of piperidine rings is 1. The summed E-state index contributed by atoms with van der Waals surface area (Å²) in [5, 5.41) is 10.8. The number of hydrogen-bond donors (Lipinski definition) is 1. The largest absolute Gasteiger partial charge is 0.492 e. The summed E-state index contributed by atoms with van der Waals surface area (Å²) < 4.78 is 59.1. The second kappa shape index (κ2) is 9.73. The summed E-state index contributed by atoms with van der Waals surface area (Å²) in [6.07, 6.45) is 2.74. The second-order valence-electron chi connectivity index (χ2n) is 6.94. The molecule has 0 amide bonds. The summed E-state index contributed by atoms with van der Waals surface area (Å²) in [4.78, 5) is 10.1. The Bertz CT molecular complexity index is 1130. The predicted octanol–water partition coefficient (Wildman–Crippen LogP) is 2.13. The lowest BCUT2D eigenvalue weighted by atomic mass is 10.2.